The molecule has 2 atom stereocenters. The first-order valence-corrected chi connectivity index (χ1v) is 11.4. The maximum atomic E-state index is 12.7. The molecule has 32 heavy (non-hydrogen) atoms. The first-order valence-electron chi connectivity index (χ1n) is 11.4. The van der Waals surface area contributed by atoms with Crippen molar-refractivity contribution in [1.29, 1.82) is 0 Å². The van der Waals surface area contributed by atoms with Gasteiger partial charge in [0.1, 0.15) is 5.42 Å². The van der Waals surface area contributed by atoms with Gasteiger partial charge in [-0.15, -0.1) is 0 Å². The lowest BCUT2D eigenvalue weighted by Crippen LogP contribution is -2.46. The Morgan fingerprint density at radius 3 is 2.09 bits per heavy atom. The Labute approximate surface area is 187 Å². The van der Waals surface area contributed by atoms with Gasteiger partial charge in [-0.05, 0) is 30.5 Å². The van der Waals surface area contributed by atoms with Gasteiger partial charge < -0.3 is 30.6 Å². The van der Waals surface area contributed by atoms with Crippen LogP contribution >= 0.6 is 0 Å². The third-order valence-electron chi connectivity index (χ3n) is 6.09. The average molecular weight is 444 g/mol. The predicted molar refractivity (Wildman–Crippen MR) is 124 cm³/mol. The van der Waals surface area contributed by atoms with Gasteiger partial charge in [0.25, 0.3) is 0 Å². The van der Waals surface area contributed by atoms with Crippen LogP contribution < -0.4 is 21.8 Å². The second-order valence-corrected chi connectivity index (χ2v) is 8.59. The molecule has 1 aromatic heterocycles. The minimum Gasteiger partial charge on any atom is -0.504 e. The molecule has 7 heteroatoms. The molecule has 0 saturated carbocycles. The Bertz CT molecular complexity index is 1100. The van der Waals surface area contributed by atoms with Gasteiger partial charge in [-0.2, -0.15) is 0 Å². The van der Waals surface area contributed by atoms with Crippen LogP contribution in [0.2, 0.25) is 0 Å². The van der Waals surface area contributed by atoms with Crippen LogP contribution in [0.5, 0.6) is 23.0 Å². The van der Waals surface area contributed by atoms with Gasteiger partial charge in [0.05, 0.1) is 5.22 Å². The standard InChI is InChI=1S/C25H33NO6/c1-2-3-4-5-6-7-8-9-10-15-13-21-17(14-18(15)26)22(29)24(31)25(32-21)16-11-19(27)23(30)20(28)12-16/h11-15,18,27-28,30-31H,2-10,26H2,1H3. The normalized spacial score (nSPS) is 17.4. The fourth-order valence-corrected chi connectivity index (χ4v) is 4.18. The van der Waals surface area contributed by atoms with E-state index < -0.39 is 28.4 Å². The van der Waals surface area contributed by atoms with Crippen LogP contribution in [0.3, 0.4) is 0 Å². The van der Waals surface area contributed by atoms with Crippen LogP contribution in [-0.2, 0) is 0 Å². The number of phenols is 3. The first-order chi connectivity index (χ1) is 15.3. The van der Waals surface area contributed by atoms with E-state index in [9.17, 15) is 25.2 Å². The lowest BCUT2D eigenvalue weighted by molar-refractivity contribution is 0.367. The van der Waals surface area contributed by atoms with Crippen molar-refractivity contribution in [3.63, 3.8) is 0 Å². The van der Waals surface area contributed by atoms with Crippen molar-refractivity contribution < 1.29 is 24.8 Å². The van der Waals surface area contributed by atoms with Crippen LogP contribution in [0, 0.1) is 5.92 Å². The molecule has 0 amide bonds. The van der Waals surface area contributed by atoms with E-state index in [2.05, 4.69) is 6.92 Å². The van der Waals surface area contributed by atoms with Crippen molar-refractivity contribution in [3.05, 3.63) is 33.0 Å². The number of unbranched alkanes of at least 4 members (excludes halogenated alkanes) is 7. The van der Waals surface area contributed by atoms with Gasteiger partial charge in [0.2, 0.25) is 11.2 Å². The van der Waals surface area contributed by atoms with Crippen LogP contribution in [0.15, 0.2) is 21.3 Å². The number of nitrogens with two attached hydrogens (primary N) is 1. The van der Waals surface area contributed by atoms with Crippen molar-refractivity contribution in [3.8, 4) is 34.3 Å². The molecule has 0 spiro atoms. The summed E-state index contributed by atoms with van der Waals surface area (Å²) >= 11 is 0. The van der Waals surface area contributed by atoms with Crippen molar-refractivity contribution in [1.82, 2.24) is 0 Å². The quantitative estimate of drug-likeness (QED) is 0.281. The summed E-state index contributed by atoms with van der Waals surface area (Å²) in [6.45, 7) is 2.21. The number of rotatable bonds is 10. The molecular formula is C25H33NO6. The highest BCUT2D eigenvalue weighted by Gasteiger charge is 2.22. The zero-order chi connectivity index (χ0) is 23.3. The molecule has 2 unspecified atom stereocenters. The molecule has 6 N–H and O–H groups in total. The zero-order valence-corrected chi connectivity index (χ0v) is 18.5. The second kappa shape index (κ2) is 10.6. The highest BCUT2D eigenvalue weighted by molar-refractivity contribution is 5.70. The highest BCUT2D eigenvalue weighted by atomic mass is 16.4. The van der Waals surface area contributed by atoms with Crippen LogP contribution in [-0.4, -0.2) is 26.5 Å². The van der Waals surface area contributed by atoms with E-state index in [1.807, 2.05) is 6.08 Å². The van der Waals surface area contributed by atoms with E-state index in [0.717, 1.165) is 31.4 Å². The van der Waals surface area contributed by atoms with E-state index in [-0.39, 0.29) is 28.5 Å². The van der Waals surface area contributed by atoms with Gasteiger partial charge in [-0.25, -0.2) is 0 Å². The van der Waals surface area contributed by atoms with Gasteiger partial charge in [0.15, 0.2) is 23.0 Å². The van der Waals surface area contributed by atoms with E-state index in [4.69, 9.17) is 10.2 Å². The summed E-state index contributed by atoms with van der Waals surface area (Å²) < 4.78 is 5.81. The number of benzene rings is 1. The lowest BCUT2D eigenvalue weighted by atomic mass is 9.89. The highest BCUT2D eigenvalue weighted by Crippen LogP contribution is 2.40. The van der Waals surface area contributed by atoms with Gasteiger partial charge >= 0.3 is 0 Å². The maximum absolute atomic E-state index is 12.7. The molecule has 0 aliphatic heterocycles. The summed E-state index contributed by atoms with van der Waals surface area (Å²) in [6, 6.07) is 1.87. The minimum atomic E-state index is -0.690. The zero-order valence-electron chi connectivity index (χ0n) is 18.5. The molecule has 1 heterocycles. The van der Waals surface area contributed by atoms with Crippen molar-refractivity contribution in [2.75, 3.05) is 0 Å². The third kappa shape index (κ3) is 5.27. The number of hydrogen-bond donors (Lipinski definition) is 5. The summed E-state index contributed by atoms with van der Waals surface area (Å²) in [4.78, 5) is 12.7. The monoisotopic (exact) mass is 443 g/mol. The molecule has 0 radical (unpaired) electrons. The Hall–Kier alpha value is -2.93. The van der Waals surface area contributed by atoms with Crippen LogP contribution in [0.25, 0.3) is 23.5 Å². The fraction of sp³-hybridized carbons (Fsp3) is 0.480. The fourth-order valence-electron chi connectivity index (χ4n) is 4.18. The lowest BCUT2D eigenvalue weighted by Gasteiger charge is -2.20. The van der Waals surface area contributed by atoms with Gasteiger partial charge in [0, 0.05) is 11.6 Å². The van der Waals surface area contributed by atoms with Crippen molar-refractivity contribution in [2.45, 2.75) is 70.8 Å². The largest absolute Gasteiger partial charge is 0.504 e. The number of aromatic hydroxyl groups is 4. The number of hydrogen-bond acceptors (Lipinski definition) is 7. The molecule has 174 valence electrons. The smallest absolute Gasteiger partial charge is 0.234 e. The average Bonchev–Trinajstić information content (AvgIpc) is 2.77. The Balaban J connectivity index is 1.79. The summed E-state index contributed by atoms with van der Waals surface area (Å²) in [5.41, 5.74) is 6.01. The third-order valence-corrected chi connectivity index (χ3v) is 6.09. The van der Waals surface area contributed by atoms with Gasteiger partial charge in [-0.1, -0.05) is 64.4 Å². The van der Waals surface area contributed by atoms with Crippen LogP contribution in [0.4, 0.5) is 0 Å². The van der Waals surface area contributed by atoms with Crippen molar-refractivity contribution in [2.24, 2.45) is 11.7 Å². The molecule has 1 aliphatic carbocycles. The first kappa shape index (κ1) is 23.7. The molecule has 0 saturated heterocycles. The van der Waals surface area contributed by atoms with E-state index in [1.165, 1.54) is 38.5 Å². The molecule has 1 aliphatic rings. The molecule has 0 fully saturated rings. The Morgan fingerprint density at radius 2 is 1.47 bits per heavy atom. The Kier molecular flexibility index (Phi) is 7.85. The maximum Gasteiger partial charge on any atom is 0.234 e. The number of fused-ring (bicyclic) bond motifs is 1. The summed E-state index contributed by atoms with van der Waals surface area (Å²) in [5, 5.41) is 39.7. The molecular weight excluding hydrogens is 410 g/mol. The Morgan fingerprint density at radius 1 is 0.875 bits per heavy atom. The summed E-state index contributed by atoms with van der Waals surface area (Å²) in [6.07, 6.45) is 14.1. The molecule has 2 aromatic rings. The number of phenolic OH excluding ortho intramolecular Hbond substituents is 3. The molecule has 1 aromatic carbocycles. The van der Waals surface area contributed by atoms with E-state index in [0.29, 0.717) is 5.42 Å². The minimum absolute atomic E-state index is 0.00441. The molecule has 3 rings (SSSR count). The summed E-state index contributed by atoms with van der Waals surface area (Å²) in [7, 11) is 0. The van der Waals surface area contributed by atoms with Crippen molar-refractivity contribution >= 4 is 12.2 Å². The van der Waals surface area contributed by atoms with E-state index in [1.54, 1.807) is 6.08 Å². The second-order valence-electron chi connectivity index (χ2n) is 8.59. The molecule has 0 bridgehead atoms. The SMILES string of the molecule is CCCCCCCCCCC1C=c2oc(-c3cc(O)c(O)c(O)c3)c(O)c(=O)c2=CC1N. The topological polar surface area (TPSA) is 137 Å². The molecule has 7 nitrogen and oxygen atoms in total. The van der Waals surface area contributed by atoms with Crippen LogP contribution in [0.1, 0.15) is 64.7 Å². The van der Waals surface area contributed by atoms with E-state index >= 15 is 0 Å². The van der Waals surface area contributed by atoms with Gasteiger partial charge in [-0.3, -0.25) is 4.79 Å². The predicted octanol–water partition coefficient (Wildman–Crippen LogP) is 3.18. The summed E-state index contributed by atoms with van der Waals surface area (Å²) in [5.74, 6) is -2.71.